The Morgan fingerprint density at radius 3 is 2.62 bits per heavy atom. The number of aromatic amines is 1. The van der Waals surface area contributed by atoms with E-state index >= 15 is 0 Å². The molecule has 0 spiro atoms. The zero-order valence-electron chi connectivity index (χ0n) is 14.0. The largest absolute Gasteiger partial charge is 0.394 e. The zero-order chi connectivity index (χ0) is 19.0. The molecule has 1 unspecified atom stereocenters. The number of nitrogens with zero attached hydrogens (tertiary/aromatic N) is 1. The predicted octanol–water partition coefficient (Wildman–Crippen LogP) is -3.05. The molecule has 3 rings (SSSR count). The summed E-state index contributed by atoms with van der Waals surface area (Å²) in [5.74, 6) is 0. The molecule has 2 fully saturated rings. The van der Waals surface area contributed by atoms with Gasteiger partial charge in [0.2, 0.25) is 0 Å². The van der Waals surface area contributed by atoms with Crippen molar-refractivity contribution in [2.75, 3.05) is 13.2 Å². The van der Waals surface area contributed by atoms with Gasteiger partial charge in [-0.2, -0.15) is 0 Å². The van der Waals surface area contributed by atoms with E-state index in [0.717, 1.165) is 0 Å². The van der Waals surface area contributed by atoms with Crippen molar-refractivity contribution in [3.05, 3.63) is 32.6 Å². The highest BCUT2D eigenvalue weighted by Gasteiger charge is 2.44. The number of hydrogen-bond acceptors (Lipinski definition) is 9. The summed E-state index contributed by atoms with van der Waals surface area (Å²) in [6, 6.07) is 0. The molecule has 11 nitrogen and oxygen atoms in total. The Labute approximate surface area is 147 Å². The number of aliphatic hydroxyl groups excluding tert-OH is 4. The van der Waals surface area contributed by atoms with Crippen LogP contribution in [0.1, 0.15) is 18.2 Å². The van der Waals surface area contributed by atoms with Crippen LogP contribution in [0, 0.1) is 6.92 Å². The van der Waals surface area contributed by atoms with Crippen LogP contribution in [0.5, 0.6) is 0 Å². The molecular formula is C15H22N2O9. The van der Waals surface area contributed by atoms with Gasteiger partial charge in [-0.1, -0.05) is 0 Å². The smallest absolute Gasteiger partial charge is 0.330 e. The molecule has 0 aliphatic carbocycles. The van der Waals surface area contributed by atoms with Crippen LogP contribution < -0.4 is 11.2 Å². The van der Waals surface area contributed by atoms with Crippen molar-refractivity contribution in [1.82, 2.24) is 9.55 Å². The van der Waals surface area contributed by atoms with E-state index < -0.39 is 60.9 Å². The van der Waals surface area contributed by atoms with Gasteiger partial charge in [0, 0.05) is 18.2 Å². The van der Waals surface area contributed by atoms with Crippen LogP contribution in [-0.4, -0.2) is 80.0 Å². The second kappa shape index (κ2) is 7.56. The van der Waals surface area contributed by atoms with Crippen molar-refractivity contribution in [3.63, 3.8) is 0 Å². The third kappa shape index (κ3) is 3.60. The maximum atomic E-state index is 11.9. The molecule has 2 aliphatic rings. The molecule has 11 heteroatoms. The summed E-state index contributed by atoms with van der Waals surface area (Å²) >= 11 is 0. The minimum Gasteiger partial charge on any atom is -0.394 e. The number of aromatic nitrogens is 2. The van der Waals surface area contributed by atoms with Crippen molar-refractivity contribution < 1.29 is 34.6 Å². The first kappa shape index (κ1) is 19.2. The first-order chi connectivity index (χ1) is 12.3. The molecular weight excluding hydrogens is 352 g/mol. The van der Waals surface area contributed by atoms with E-state index in [1.165, 1.54) is 10.8 Å². The third-order valence-electron chi connectivity index (χ3n) is 4.58. The molecule has 7 atom stereocenters. The summed E-state index contributed by atoms with van der Waals surface area (Å²) in [5, 5.41) is 38.7. The lowest BCUT2D eigenvalue weighted by Crippen LogP contribution is -2.37. The van der Waals surface area contributed by atoms with Crippen LogP contribution >= 0.6 is 0 Å². The fourth-order valence-electron chi connectivity index (χ4n) is 3.03. The van der Waals surface area contributed by atoms with Crippen LogP contribution in [0.15, 0.2) is 15.8 Å². The molecule has 26 heavy (non-hydrogen) atoms. The summed E-state index contributed by atoms with van der Waals surface area (Å²) in [4.78, 5) is 25.5. The second-order valence-electron chi connectivity index (χ2n) is 6.45. The van der Waals surface area contributed by atoms with Gasteiger partial charge in [0.25, 0.3) is 5.56 Å². The molecule has 2 aliphatic heterocycles. The van der Waals surface area contributed by atoms with Gasteiger partial charge in [-0.05, 0) is 6.92 Å². The van der Waals surface area contributed by atoms with Crippen LogP contribution in [0.2, 0.25) is 0 Å². The van der Waals surface area contributed by atoms with Crippen molar-refractivity contribution in [2.24, 2.45) is 0 Å². The molecule has 1 aromatic heterocycles. The SMILES string of the molecule is Cc1cn([C@H]2CC(O)[C@@H](CO[C@H]3O[C@H](CO)[C@@H](O)[C@@H]3O)O2)c(=O)[nH]c1=O. The minimum atomic E-state index is -1.34. The van der Waals surface area contributed by atoms with E-state index in [0.29, 0.717) is 5.56 Å². The zero-order valence-corrected chi connectivity index (χ0v) is 14.0. The second-order valence-corrected chi connectivity index (χ2v) is 6.45. The number of aryl methyl sites for hydroxylation is 1. The minimum absolute atomic E-state index is 0.107. The molecule has 0 bridgehead atoms. The van der Waals surface area contributed by atoms with Gasteiger partial charge in [0.15, 0.2) is 6.29 Å². The quantitative estimate of drug-likeness (QED) is 0.360. The van der Waals surface area contributed by atoms with Crippen LogP contribution in [0.3, 0.4) is 0 Å². The number of rotatable bonds is 5. The van der Waals surface area contributed by atoms with E-state index in [-0.39, 0.29) is 13.0 Å². The maximum Gasteiger partial charge on any atom is 0.330 e. The van der Waals surface area contributed by atoms with Crippen LogP contribution in [0.4, 0.5) is 0 Å². The topological polar surface area (TPSA) is 163 Å². The monoisotopic (exact) mass is 374 g/mol. The van der Waals surface area contributed by atoms with Crippen molar-refractivity contribution in [3.8, 4) is 0 Å². The van der Waals surface area contributed by atoms with Gasteiger partial charge < -0.3 is 34.6 Å². The van der Waals surface area contributed by atoms with E-state index in [1.807, 2.05) is 0 Å². The van der Waals surface area contributed by atoms with E-state index in [9.17, 15) is 24.9 Å². The Hall–Kier alpha value is -1.60. The summed E-state index contributed by atoms with van der Waals surface area (Å²) in [5.41, 5.74) is -0.814. The highest BCUT2D eigenvalue weighted by Crippen LogP contribution is 2.29. The Morgan fingerprint density at radius 1 is 1.23 bits per heavy atom. The fraction of sp³-hybridized carbons (Fsp3) is 0.733. The maximum absolute atomic E-state index is 11.9. The molecule has 0 saturated carbocycles. The molecule has 0 amide bonds. The Kier molecular flexibility index (Phi) is 5.58. The number of aliphatic hydroxyl groups is 4. The van der Waals surface area contributed by atoms with Crippen LogP contribution in [0.25, 0.3) is 0 Å². The van der Waals surface area contributed by atoms with Gasteiger partial charge in [-0.25, -0.2) is 4.79 Å². The molecule has 2 saturated heterocycles. The standard InChI is InChI=1S/C15H22N2O9/c1-6-3-17(15(23)16-13(6)22)10-2-7(19)9(25-10)5-24-14-12(21)11(20)8(4-18)26-14/h3,7-12,14,18-21H,2,4-5H2,1H3,(H,16,22,23)/t7?,8-,9-,10-,11-,12+,14+/m1/s1. The lowest BCUT2D eigenvalue weighted by Gasteiger charge is -2.20. The first-order valence-electron chi connectivity index (χ1n) is 8.21. The van der Waals surface area contributed by atoms with Crippen molar-refractivity contribution >= 4 is 0 Å². The Morgan fingerprint density at radius 2 is 1.96 bits per heavy atom. The average molecular weight is 374 g/mol. The van der Waals surface area contributed by atoms with Crippen molar-refractivity contribution in [2.45, 2.75) is 56.4 Å². The van der Waals surface area contributed by atoms with Gasteiger partial charge in [0.1, 0.15) is 30.6 Å². The van der Waals surface area contributed by atoms with Gasteiger partial charge in [-0.3, -0.25) is 14.3 Å². The van der Waals surface area contributed by atoms with Crippen molar-refractivity contribution in [1.29, 1.82) is 0 Å². The number of H-pyrrole nitrogens is 1. The molecule has 0 radical (unpaired) electrons. The molecule has 0 aromatic carbocycles. The average Bonchev–Trinajstić information content (AvgIpc) is 3.10. The first-order valence-corrected chi connectivity index (χ1v) is 8.21. The number of hydrogen-bond donors (Lipinski definition) is 5. The Bertz CT molecular complexity index is 747. The highest BCUT2D eigenvalue weighted by molar-refractivity contribution is 5.02. The van der Waals surface area contributed by atoms with Gasteiger partial charge >= 0.3 is 5.69 Å². The van der Waals surface area contributed by atoms with E-state index in [1.54, 1.807) is 6.92 Å². The summed E-state index contributed by atoms with van der Waals surface area (Å²) in [7, 11) is 0. The lowest BCUT2D eigenvalue weighted by atomic mass is 10.1. The van der Waals surface area contributed by atoms with E-state index in [4.69, 9.17) is 19.3 Å². The van der Waals surface area contributed by atoms with Gasteiger partial charge in [-0.15, -0.1) is 0 Å². The number of nitrogens with one attached hydrogen (secondary N) is 1. The van der Waals surface area contributed by atoms with Gasteiger partial charge in [0.05, 0.1) is 19.3 Å². The Balaban J connectivity index is 1.62. The third-order valence-corrected chi connectivity index (χ3v) is 4.58. The highest BCUT2D eigenvalue weighted by atomic mass is 16.7. The summed E-state index contributed by atoms with van der Waals surface area (Å²) in [6.07, 6.45) is -5.83. The number of ether oxygens (including phenoxy) is 3. The predicted molar refractivity (Wildman–Crippen MR) is 84.3 cm³/mol. The van der Waals surface area contributed by atoms with Crippen LogP contribution in [-0.2, 0) is 14.2 Å². The molecule has 3 heterocycles. The summed E-state index contributed by atoms with van der Waals surface area (Å²) < 4.78 is 17.4. The summed E-state index contributed by atoms with van der Waals surface area (Å²) in [6.45, 7) is 0.904. The normalized spacial score (nSPS) is 37.3. The lowest BCUT2D eigenvalue weighted by molar-refractivity contribution is -0.190. The van der Waals surface area contributed by atoms with E-state index in [2.05, 4.69) is 4.98 Å². The fourth-order valence-corrected chi connectivity index (χ4v) is 3.03. The molecule has 146 valence electrons. The molecule has 1 aromatic rings. The molecule has 5 N–H and O–H groups in total.